The molecule has 0 aliphatic carbocycles. The molecule has 0 radical (unpaired) electrons. The van der Waals surface area contributed by atoms with Gasteiger partial charge in [-0.1, -0.05) is 0 Å². The fraction of sp³-hybridized carbons (Fsp3) is 0.273. The van der Waals surface area contributed by atoms with E-state index in [0.29, 0.717) is 0 Å². The molecule has 0 aliphatic heterocycles. The highest BCUT2D eigenvalue weighted by atomic mass is 19.1. The summed E-state index contributed by atoms with van der Waals surface area (Å²) >= 11 is 0. The van der Waals surface area contributed by atoms with Crippen LogP contribution in [0.2, 0.25) is 0 Å². The number of Topliss-reactive ketones (excluding diaryl/α,β-unsaturated/α-hetero) is 1. The molecule has 86 valence electrons. The summed E-state index contributed by atoms with van der Waals surface area (Å²) < 4.78 is 17.8. The van der Waals surface area contributed by atoms with E-state index < -0.39 is 11.7 Å². The Morgan fingerprint density at radius 3 is 2.69 bits per heavy atom. The quantitative estimate of drug-likeness (QED) is 0.836. The number of nitrogens with one attached hydrogen (secondary N) is 1. The Hall–Kier alpha value is -1.91. The Labute approximate surface area is 92.4 Å². The molecule has 0 aromatic heterocycles. The average molecular weight is 225 g/mol. The summed E-state index contributed by atoms with van der Waals surface area (Å²) in [4.78, 5) is 22.1. The maximum atomic E-state index is 13.0. The first-order valence-corrected chi connectivity index (χ1v) is 4.65. The molecule has 0 bridgehead atoms. The number of halogens is 1. The molecule has 0 heterocycles. The number of methoxy groups -OCH3 is 1. The largest absolute Gasteiger partial charge is 0.494 e. The third-order valence-corrected chi connectivity index (χ3v) is 1.91. The van der Waals surface area contributed by atoms with Crippen molar-refractivity contribution in [2.45, 2.75) is 6.92 Å². The molecular weight excluding hydrogens is 213 g/mol. The van der Waals surface area contributed by atoms with Crippen LogP contribution in [0.15, 0.2) is 18.2 Å². The molecule has 1 N–H and O–H groups in total. The molecule has 0 atom stereocenters. The van der Waals surface area contributed by atoms with Crippen molar-refractivity contribution in [2.75, 3.05) is 13.7 Å². The topological polar surface area (TPSA) is 55.4 Å². The van der Waals surface area contributed by atoms with Gasteiger partial charge in [0.05, 0.1) is 13.7 Å². The molecule has 5 heteroatoms. The zero-order valence-electron chi connectivity index (χ0n) is 9.04. The molecule has 0 aliphatic rings. The summed E-state index contributed by atoms with van der Waals surface area (Å²) in [6, 6.07) is 3.75. The standard InChI is InChI=1S/C11H12FNO3/c1-7(14)6-13-11(15)8-3-4-9(12)10(5-8)16-2/h3-5H,6H2,1-2H3,(H,13,15). The first-order chi connectivity index (χ1) is 7.54. The Morgan fingerprint density at radius 1 is 1.44 bits per heavy atom. The number of carbonyl (C=O) groups is 2. The van der Waals surface area contributed by atoms with Crippen molar-refractivity contribution in [1.29, 1.82) is 0 Å². The molecule has 0 saturated heterocycles. The van der Waals surface area contributed by atoms with Crippen molar-refractivity contribution in [3.05, 3.63) is 29.6 Å². The summed E-state index contributed by atoms with van der Waals surface area (Å²) in [6.07, 6.45) is 0. The highest BCUT2D eigenvalue weighted by Gasteiger charge is 2.10. The SMILES string of the molecule is COc1cc(C(=O)NCC(C)=O)ccc1F. The number of hydrogen-bond acceptors (Lipinski definition) is 3. The van der Waals surface area contributed by atoms with Crippen molar-refractivity contribution in [2.24, 2.45) is 0 Å². The van der Waals surface area contributed by atoms with Crippen molar-refractivity contribution in [3.63, 3.8) is 0 Å². The molecular formula is C11H12FNO3. The summed E-state index contributed by atoms with van der Waals surface area (Å²) in [7, 11) is 1.32. The molecule has 0 saturated carbocycles. The van der Waals surface area contributed by atoms with Gasteiger partial charge < -0.3 is 10.1 Å². The van der Waals surface area contributed by atoms with Crippen molar-refractivity contribution in [3.8, 4) is 5.75 Å². The van der Waals surface area contributed by atoms with Gasteiger partial charge in [0.15, 0.2) is 11.6 Å². The van der Waals surface area contributed by atoms with Gasteiger partial charge in [0, 0.05) is 5.56 Å². The number of ether oxygens (including phenoxy) is 1. The van der Waals surface area contributed by atoms with Gasteiger partial charge in [-0.05, 0) is 25.1 Å². The number of amides is 1. The summed E-state index contributed by atoms with van der Waals surface area (Å²) in [6.45, 7) is 1.32. The van der Waals surface area contributed by atoms with Crippen LogP contribution in [0.1, 0.15) is 17.3 Å². The minimum atomic E-state index is -0.536. The fourth-order valence-corrected chi connectivity index (χ4v) is 1.11. The molecule has 0 unspecified atom stereocenters. The van der Waals surface area contributed by atoms with Gasteiger partial charge in [0.25, 0.3) is 5.91 Å². The zero-order valence-corrected chi connectivity index (χ0v) is 9.04. The molecule has 1 amide bonds. The molecule has 0 fully saturated rings. The molecule has 16 heavy (non-hydrogen) atoms. The van der Waals surface area contributed by atoms with Gasteiger partial charge in [0.2, 0.25) is 0 Å². The van der Waals surface area contributed by atoms with E-state index in [0.717, 1.165) is 6.07 Å². The smallest absolute Gasteiger partial charge is 0.251 e. The van der Waals surface area contributed by atoms with Crippen LogP contribution < -0.4 is 10.1 Å². The van der Waals surface area contributed by atoms with E-state index in [4.69, 9.17) is 4.74 Å². The number of rotatable bonds is 4. The highest BCUT2D eigenvalue weighted by molar-refractivity contribution is 5.96. The lowest BCUT2D eigenvalue weighted by Crippen LogP contribution is -2.28. The average Bonchev–Trinajstić information content (AvgIpc) is 2.26. The third-order valence-electron chi connectivity index (χ3n) is 1.91. The van der Waals surface area contributed by atoms with Crippen LogP contribution in [-0.4, -0.2) is 25.3 Å². The van der Waals surface area contributed by atoms with Gasteiger partial charge in [-0.2, -0.15) is 0 Å². The molecule has 1 rings (SSSR count). The van der Waals surface area contributed by atoms with Crippen LogP contribution in [0.25, 0.3) is 0 Å². The van der Waals surface area contributed by atoms with E-state index in [1.807, 2.05) is 0 Å². The maximum Gasteiger partial charge on any atom is 0.251 e. The van der Waals surface area contributed by atoms with E-state index in [2.05, 4.69) is 5.32 Å². The molecule has 0 spiro atoms. The summed E-state index contributed by atoms with van der Waals surface area (Å²) in [5.41, 5.74) is 0.250. The van der Waals surface area contributed by atoms with Gasteiger partial charge in [-0.3, -0.25) is 9.59 Å². The summed E-state index contributed by atoms with van der Waals surface area (Å²) in [5, 5.41) is 2.40. The van der Waals surface area contributed by atoms with Gasteiger partial charge in [-0.15, -0.1) is 0 Å². The number of carbonyl (C=O) groups excluding carboxylic acids is 2. The third kappa shape index (κ3) is 3.05. The van der Waals surface area contributed by atoms with Crippen molar-refractivity contribution < 1.29 is 18.7 Å². The minimum absolute atomic E-state index is 0.00419. The summed E-state index contributed by atoms with van der Waals surface area (Å²) in [5.74, 6) is -1.13. The van der Waals surface area contributed by atoms with Crippen molar-refractivity contribution >= 4 is 11.7 Å². The predicted molar refractivity (Wildman–Crippen MR) is 56.0 cm³/mol. The van der Waals surface area contributed by atoms with Gasteiger partial charge in [-0.25, -0.2) is 4.39 Å². The maximum absolute atomic E-state index is 13.0. The Bertz CT molecular complexity index is 418. The van der Waals surface area contributed by atoms with E-state index in [-0.39, 0.29) is 23.6 Å². The second-order valence-corrected chi connectivity index (χ2v) is 3.23. The molecule has 1 aromatic carbocycles. The van der Waals surface area contributed by atoms with Crippen LogP contribution in [0.4, 0.5) is 4.39 Å². The Kier molecular flexibility index (Phi) is 3.99. The van der Waals surface area contributed by atoms with E-state index in [9.17, 15) is 14.0 Å². The normalized spacial score (nSPS) is 9.69. The van der Waals surface area contributed by atoms with E-state index in [1.165, 1.54) is 26.2 Å². The lowest BCUT2D eigenvalue weighted by molar-refractivity contribution is -0.116. The Balaban J connectivity index is 2.80. The van der Waals surface area contributed by atoms with Crippen LogP contribution in [-0.2, 0) is 4.79 Å². The Morgan fingerprint density at radius 2 is 2.12 bits per heavy atom. The van der Waals surface area contributed by atoms with Crippen LogP contribution >= 0.6 is 0 Å². The van der Waals surface area contributed by atoms with Crippen LogP contribution in [0.3, 0.4) is 0 Å². The predicted octanol–water partition coefficient (Wildman–Crippen LogP) is 1.15. The first kappa shape index (κ1) is 12.2. The molecule has 4 nitrogen and oxygen atoms in total. The first-order valence-electron chi connectivity index (χ1n) is 4.65. The van der Waals surface area contributed by atoms with E-state index in [1.54, 1.807) is 0 Å². The number of hydrogen-bond donors (Lipinski definition) is 1. The monoisotopic (exact) mass is 225 g/mol. The van der Waals surface area contributed by atoms with Crippen LogP contribution in [0, 0.1) is 5.82 Å². The number of benzene rings is 1. The lowest BCUT2D eigenvalue weighted by atomic mass is 10.2. The van der Waals surface area contributed by atoms with Gasteiger partial charge in [0.1, 0.15) is 5.78 Å². The van der Waals surface area contributed by atoms with Gasteiger partial charge >= 0.3 is 0 Å². The zero-order chi connectivity index (χ0) is 12.1. The number of ketones is 1. The molecule has 1 aromatic rings. The highest BCUT2D eigenvalue weighted by Crippen LogP contribution is 2.17. The lowest BCUT2D eigenvalue weighted by Gasteiger charge is -2.05. The second-order valence-electron chi connectivity index (χ2n) is 3.23. The minimum Gasteiger partial charge on any atom is -0.494 e. The van der Waals surface area contributed by atoms with Crippen molar-refractivity contribution in [1.82, 2.24) is 5.32 Å². The second kappa shape index (κ2) is 5.25. The van der Waals surface area contributed by atoms with E-state index >= 15 is 0 Å². The van der Waals surface area contributed by atoms with Crippen LogP contribution in [0.5, 0.6) is 5.75 Å². The fourth-order valence-electron chi connectivity index (χ4n) is 1.11.